The van der Waals surface area contributed by atoms with Gasteiger partial charge in [-0.2, -0.15) is 0 Å². The minimum Gasteiger partial charge on any atom is -0.481 e. The van der Waals surface area contributed by atoms with Crippen LogP contribution in [0.1, 0.15) is 38.5 Å². The Labute approximate surface area is 157 Å². The zero-order valence-corrected chi connectivity index (χ0v) is 15.2. The molecule has 1 aliphatic carbocycles. The Bertz CT molecular complexity index is 628. The van der Waals surface area contributed by atoms with Gasteiger partial charge in [-0.15, -0.1) is 0 Å². The maximum atomic E-state index is 11.8. The van der Waals surface area contributed by atoms with Crippen molar-refractivity contribution in [2.45, 2.75) is 44.6 Å². The van der Waals surface area contributed by atoms with Gasteiger partial charge in [-0.05, 0) is 56.4 Å². The molecule has 0 aromatic heterocycles. The smallest absolute Gasteiger partial charge is 0.315 e. The summed E-state index contributed by atoms with van der Waals surface area (Å²) in [7, 11) is 0. The summed E-state index contributed by atoms with van der Waals surface area (Å²) in [5.74, 6) is -1.18. The number of aliphatic carboxylic acids is 1. The third kappa shape index (κ3) is 6.92. The molecule has 3 amide bonds. The predicted octanol–water partition coefficient (Wildman–Crippen LogP) is 3.00. The van der Waals surface area contributed by atoms with E-state index in [-0.39, 0.29) is 23.9 Å². The normalized spacial score (nSPS) is 19.4. The Kier molecular flexibility index (Phi) is 7.72. The monoisotopic (exact) mass is 381 g/mol. The minimum atomic E-state index is -0.759. The summed E-state index contributed by atoms with van der Waals surface area (Å²) in [6.07, 6.45) is 3.35. The van der Waals surface area contributed by atoms with E-state index in [2.05, 4.69) is 16.0 Å². The van der Waals surface area contributed by atoms with Crippen LogP contribution in [0.4, 0.5) is 10.5 Å². The van der Waals surface area contributed by atoms with E-state index in [4.69, 9.17) is 16.7 Å². The standard InChI is InChI=1S/C18H24ClN3O4/c19-13-5-9-14(10-6-13)21-16(23)2-1-11-20-18(26)22-15-7-3-12(4-8-15)17(24)25/h5-6,9-10,12,15H,1-4,7-8,11H2,(H,21,23)(H,24,25)(H2,20,22,26). The van der Waals surface area contributed by atoms with Gasteiger partial charge in [0.15, 0.2) is 0 Å². The van der Waals surface area contributed by atoms with Gasteiger partial charge in [0.1, 0.15) is 0 Å². The molecule has 0 aliphatic heterocycles. The van der Waals surface area contributed by atoms with Crippen LogP contribution in [0.3, 0.4) is 0 Å². The topological polar surface area (TPSA) is 108 Å². The van der Waals surface area contributed by atoms with Crippen LogP contribution in [0.5, 0.6) is 0 Å². The van der Waals surface area contributed by atoms with Crippen molar-refractivity contribution in [2.24, 2.45) is 5.92 Å². The van der Waals surface area contributed by atoms with Gasteiger partial charge >= 0.3 is 12.0 Å². The Balaban J connectivity index is 1.56. The van der Waals surface area contributed by atoms with E-state index in [0.717, 1.165) is 0 Å². The molecule has 0 atom stereocenters. The molecule has 1 fully saturated rings. The van der Waals surface area contributed by atoms with Crippen molar-refractivity contribution in [3.63, 3.8) is 0 Å². The number of carbonyl (C=O) groups is 3. The highest BCUT2D eigenvalue weighted by atomic mass is 35.5. The summed E-state index contributed by atoms with van der Waals surface area (Å²) in [6, 6.07) is 6.59. The van der Waals surface area contributed by atoms with Gasteiger partial charge in [0.2, 0.25) is 5.91 Å². The number of carbonyl (C=O) groups excluding carboxylic acids is 2. The zero-order chi connectivity index (χ0) is 18.9. The van der Waals surface area contributed by atoms with E-state index in [1.165, 1.54) is 0 Å². The van der Waals surface area contributed by atoms with Gasteiger partial charge in [0, 0.05) is 29.7 Å². The molecule has 0 bridgehead atoms. The summed E-state index contributed by atoms with van der Waals surface area (Å²) in [4.78, 5) is 34.6. The van der Waals surface area contributed by atoms with Gasteiger partial charge in [-0.3, -0.25) is 9.59 Å². The van der Waals surface area contributed by atoms with Gasteiger partial charge < -0.3 is 21.1 Å². The highest BCUT2D eigenvalue weighted by molar-refractivity contribution is 6.30. The lowest BCUT2D eigenvalue weighted by atomic mass is 9.86. The molecule has 2 rings (SSSR count). The van der Waals surface area contributed by atoms with Crippen LogP contribution in [-0.4, -0.2) is 35.6 Å². The molecule has 142 valence electrons. The molecule has 0 unspecified atom stereocenters. The number of nitrogens with one attached hydrogen (secondary N) is 3. The number of urea groups is 1. The number of benzene rings is 1. The molecular formula is C18H24ClN3O4. The maximum Gasteiger partial charge on any atom is 0.315 e. The van der Waals surface area contributed by atoms with Crippen molar-refractivity contribution in [1.82, 2.24) is 10.6 Å². The number of hydrogen-bond donors (Lipinski definition) is 4. The highest BCUT2D eigenvalue weighted by Crippen LogP contribution is 2.24. The molecule has 26 heavy (non-hydrogen) atoms. The summed E-state index contributed by atoms with van der Waals surface area (Å²) in [5, 5.41) is 17.9. The molecule has 8 heteroatoms. The van der Waals surface area contributed by atoms with Crippen molar-refractivity contribution < 1.29 is 19.5 Å². The van der Waals surface area contributed by atoms with Crippen LogP contribution in [-0.2, 0) is 9.59 Å². The summed E-state index contributed by atoms with van der Waals surface area (Å²) in [6.45, 7) is 0.393. The third-order valence-corrected chi connectivity index (χ3v) is 4.66. The number of anilines is 1. The lowest BCUT2D eigenvalue weighted by Gasteiger charge is -2.26. The Morgan fingerprint density at radius 2 is 1.73 bits per heavy atom. The predicted molar refractivity (Wildman–Crippen MR) is 99.2 cm³/mol. The van der Waals surface area contributed by atoms with Crippen LogP contribution in [0.25, 0.3) is 0 Å². The van der Waals surface area contributed by atoms with E-state index in [1.807, 2.05) is 0 Å². The SMILES string of the molecule is O=C(CCCNC(=O)NC1CCC(C(=O)O)CC1)Nc1ccc(Cl)cc1. The molecule has 0 spiro atoms. The molecule has 1 aromatic carbocycles. The van der Waals surface area contributed by atoms with Crippen LogP contribution < -0.4 is 16.0 Å². The van der Waals surface area contributed by atoms with E-state index in [1.54, 1.807) is 24.3 Å². The largest absolute Gasteiger partial charge is 0.481 e. The fraction of sp³-hybridized carbons (Fsp3) is 0.500. The minimum absolute atomic E-state index is 0.0128. The second-order valence-corrected chi connectivity index (χ2v) is 6.88. The van der Waals surface area contributed by atoms with Crippen LogP contribution in [0.15, 0.2) is 24.3 Å². The van der Waals surface area contributed by atoms with Crippen molar-refractivity contribution in [3.8, 4) is 0 Å². The Morgan fingerprint density at radius 1 is 1.08 bits per heavy atom. The first-order valence-electron chi connectivity index (χ1n) is 8.76. The second-order valence-electron chi connectivity index (χ2n) is 6.45. The molecule has 1 aromatic rings. The fourth-order valence-corrected chi connectivity index (χ4v) is 3.05. The first kappa shape index (κ1) is 20.0. The van der Waals surface area contributed by atoms with Gasteiger partial charge in [-0.25, -0.2) is 4.79 Å². The quantitative estimate of drug-likeness (QED) is 0.544. The van der Waals surface area contributed by atoms with Gasteiger partial charge in [-0.1, -0.05) is 11.6 Å². The molecule has 4 N–H and O–H groups in total. The Morgan fingerprint density at radius 3 is 2.35 bits per heavy atom. The van der Waals surface area contributed by atoms with Crippen LogP contribution >= 0.6 is 11.6 Å². The summed E-state index contributed by atoms with van der Waals surface area (Å²) >= 11 is 5.79. The van der Waals surface area contributed by atoms with Gasteiger partial charge in [0.25, 0.3) is 0 Å². The average molecular weight is 382 g/mol. The fourth-order valence-electron chi connectivity index (χ4n) is 2.93. The highest BCUT2D eigenvalue weighted by Gasteiger charge is 2.26. The van der Waals surface area contributed by atoms with Gasteiger partial charge in [0.05, 0.1) is 5.92 Å². The summed E-state index contributed by atoms with van der Waals surface area (Å²) < 4.78 is 0. The van der Waals surface area contributed by atoms with E-state index in [9.17, 15) is 14.4 Å². The van der Waals surface area contributed by atoms with Crippen molar-refractivity contribution in [2.75, 3.05) is 11.9 Å². The molecule has 7 nitrogen and oxygen atoms in total. The molecule has 1 saturated carbocycles. The lowest BCUT2D eigenvalue weighted by Crippen LogP contribution is -2.44. The number of carboxylic acid groups (broad SMARTS) is 1. The molecule has 0 saturated heterocycles. The number of halogens is 1. The average Bonchev–Trinajstić information content (AvgIpc) is 2.61. The number of amides is 3. The van der Waals surface area contributed by atoms with E-state index >= 15 is 0 Å². The molecule has 0 heterocycles. The molecular weight excluding hydrogens is 358 g/mol. The third-order valence-electron chi connectivity index (χ3n) is 4.41. The first-order valence-corrected chi connectivity index (χ1v) is 9.14. The maximum absolute atomic E-state index is 11.8. The van der Waals surface area contributed by atoms with Crippen molar-refractivity contribution >= 4 is 35.2 Å². The van der Waals surface area contributed by atoms with Crippen LogP contribution in [0, 0.1) is 5.92 Å². The molecule has 1 aliphatic rings. The van der Waals surface area contributed by atoms with Crippen molar-refractivity contribution in [3.05, 3.63) is 29.3 Å². The van der Waals surface area contributed by atoms with Crippen LogP contribution in [0.2, 0.25) is 5.02 Å². The number of rotatable bonds is 7. The number of carboxylic acids is 1. The zero-order valence-electron chi connectivity index (χ0n) is 14.5. The summed E-state index contributed by atoms with van der Waals surface area (Å²) in [5.41, 5.74) is 0.682. The van der Waals surface area contributed by atoms with E-state index < -0.39 is 5.97 Å². The van der Waals surface area contributed by atoms with Crippen molar-refractivity contribution in [1.29, 1.82) is 0 Å². The second kappa shape index (κ2) is 10.0. The van der Waals surface area contributed by atoms with E-state index in [0.29, 0.717) is 55.8 Å². The molecule has 0 radical (unpaired) electrons. The number of hydrogen-bond acceptors (Lipinski definition) is 3. The lowest BCUT2D eigenvalue weighted by molar-refractivity contribution is -0.142. The first-order chi connectivity index (χ1) is 12.4. The Hall–Kier alpha value is -2.28.